The van der Waals surface area contributed by atoms with Crippen LogP contribution >= 0.6 is 15.9 Å². The molecule has 0 bridgehead atoms. The number of rotatable bonds is 12. The predicted octanol–water partition coefficient (Wildman–Crippen LogP) is 6.27. The van der Waals surface area contributed by atoms with Gasteiger partial charge < -0.3 is 29.7 Å². The minimum absolute atomic E-state index is 0.117. The molecule has 0 radical (unpaired) electrons. The summed E-state index contributed by atoms with van der Waals surface area (Å²) in [7, 11) is 2.81. The van der Waals surface area contributed by atoms with Crippen LogP contribution in [0.25, 0.3) is 0 Å². The SMILES string of the molecule is C=CCCC(=O)N(CCOc1ccc(C(=O)OC)cc1)c1ccc(NC(=O)Nc2ccccc2Br)c(OC)c1. The number of halogens is 1. The fourth-order valence-electron chi connectivity index (χ4n) is 3.61. The number of carbonyl (C=O) groups is 3. The molecule has 0 saturated heterocycles. The van der Waals surface area contributed by atoms with Crippen molar-refractivity contribution in [2.75, 3.05) is 42.9 Å². The summed E-state index contributed by atoms with van der Waals surface area (Å²) in [6.07, 6.45) is 2.48. The number of urea groups is 1. The molecule has 0 aromatic heterocycles. The van der Waals surface area contributed by atoms with Crippen LogP contribution < -0.4 is 25.0 Å². The maximum atomic E-state index is 13.0. The van der Waals surface area contributed by atoms with Crippen LogP contribution in [0.1, 0.15) is 23.2 Å². The molecule has 0 aliphatic heterocycles. The molecule has 0 fully saturated rings. The number of nitrogens with zero attached hydrogens (tertiary/aromatic N) is 1. The Balaban J connectivity index is 1.72. The minimum Gasteiger partial charge on any atom is -0.494 e. The first-order valence-corrected chi connectivity index (χ1v) is 12.9. The van der Waals surface area contributed by atoms with Gasteiger partial charge >= 0.3 is 12.0 Å². The van der Waals surface area contributed by atoms with E-state index in [2.05, 4.69) is 33.1 Å². The molecule has 204 valence electrons. The number of hydrogen-bond acceptors (Lipinski definition) is 6. The maximum absolute atomic E-state index is 13.0. The highest BCUT2D eigenvalue weighted by Crippen LogP contribution is 2.31. The summed E-state index contributed by atoms with van der Waals surface area (Å²) in [5.74, 6) is 0.386. The highest BCUT2D eigenvalue weighted by Gasteiger charge is 2.18. The Hall–Kier alpha value is -4.31. The lowest BCUT2D eigenvalue weighted by Crippen LogP contribution is -2.34. The van der Waals surface area contributed by atoms with Crippen molar-refractivity contribution >= 4 is 50.9 Å². The van der Waals surface area contributed by atoms with E-state index in [1.54, 1.807) is 59.5 Å². The Morgan fingerprint density at radius 1 is 0.974 bits per heavy atom. The molecule has 0 aliphatic rings. The van der Waals surface area contributed by atoms with Crippen molar-refractivity contribution in [3.63, 3.8) is 0 Å². The minimum atomic E-state index is -0.446. The molecule has 0 aliphatic carbocycles. The van der Waals surface area contributed by atoms with Crippen molar-refractivity contribution in [2.45, 2.75) is 12.8 Å². The van der Waals surface area contributed by atoms with Gasteiger partial charge in [0.05, 0.1) is 37.7 Å². The molecule has 0 atom stereocenters. The molecule has 0 saturated carbocycles. The van der Waals surface area contributed by atoms with Crippen molar-refractivity contribution in [3.05, 3.63) is 89.4 Å². The van der Waals surface area contributed by atoms with Crippen LogP contribution in [0.15, 0.2) is 83.9 Å². The van der Waals surface area contributed by atoms with Gasteiger partial charge in [0.1, 0.15) is 18.1 Å². The van der Waals surface area contributed by atoms with Crippen LogP contribution in [-0.2, 0) is 9.53 Å². The molecule has 3 rings (SSSR count). The first-order chi connectivity index (χ1) is 18.9. The summed E-state index contributed by atoms with van der Waals surface area (Å²) in [5, 5.41) is 5.55. The fourth-order valence-corrected chi connectivity index (χ4v) is 3.99. The predicted molar refractivity (Wildman–Crippen MR) is 155 cm³/mol. The largest absolute Gasteiger partial charge is 0.494 e. The second kappa shape index (κ2) is 14.6. The smallest absolute Gasteiger partial charge is 0.337 e. The molecular formula is C29H30BrN3O6. The van der Waals surface area contributed by atoms with Gasteiger partial charge in [0.2, 0.25) is 5.91 Å². The van der Waals surface area contributed by atoms with E-state index in [0.717, 1.165) is 4.47 Å². The molecule has 0 spiro atoms. The average Bonchev–Trinajstić information content (AvgIpc) is 2.95. The monoisotopic (exact) mass is 595 g/mol. The molecule has 9 nitrogen and oxygen atoms in total. The van der Waals surface area contributed by atoms with Gasteiger partial charge in [-0.2, -0.15) is 0 Å². The Bertz CT molecular complexity index is 1310. The van der Waals surface area contributed by atoms with Crippen LogP contribution in [0.4, 0.5) is 21.9 Å². The number of anilines is 3. The summed E-state index contributed by atoms with van der Waals surface area (Å²) in [6.45, 7) is 4.16. The van der Waals surface area contributed by atoms with Crippen molar-refractivity contribution in [1.82, 2.24) is 0 Å². The topological polar surface area (TPSA) is 106 Å². The second-order valence-electron chi connectivity index (χ2n) is 8.18. The van der Waals surface area contributed by atoms with E-state index >= 15 is 0 Å². The van der Waals surface area contributed by atoms with E-state index in [0.29, 0.717) is 40.5 Å². The number of amides is 3. The Morgan fingerprint density at radius 2 is 1.69 bits per heavy atom. The van der Waals surface area contributed by atoms with E-state index in [1.165, 1.54) is 14.2 Å². The zero-order valence-corrected chi connectivity index (χ0v) is 23.3. The lowest BCUT2D eigenvalue weighted by Gasteiger charge is -2.24. The summed E-state index contributed by atoms with van der Waals surface area (Å²) in [4.78, 5) is 38.8. The van der Waals surface area contributed by atoms with Crippen molar-refractivity contribution in [3.8, 4) is 11.5 Å². The first-order valence-electron chi connectivity index (χ1n) is 12.1. The number of esters is 1. The van der Waals surface area contributed by atoms with Gasteiger partial charge in [0, 0.05) is 22.6 Å². The summed E-state index contributed by atoms with van der Waals surface area (Å²) < 4.78 is 16.8. The first kappa shape index (κ1) is 29.2. The number of allylic oxidation sites excluding steroid dienone is 1. The lowest BCUT2D eigenvalue weighted by molar-refractivity contribution is -0.118. The summed E-state index contributed by atoms with van der Waals surface area (Å²) in [5.41, 5.74) is 2.05. The third-order valence-corrected chi connectivity index (χ3v) is 6.28. The Kier molecular flexibility index (Phi) is 10.9. The van der Waals surface area contributed by atoms with Gasteiger partial charge in [-0.05, 0) is 70.9 Å². The number of methoxy groups -OCH3 is 2. The van der Waals surface area contributed by atoms with Crippen LogP contribution in [0.2, 0.25) is 0 Å². The maximum Gasteiger partial charge on any atom is 0.337 e. The quantitative estimate of drug-likeness (QED) is 0.189. The van der Waals surface area contributed by atoms with E-state index in [1.807, 2.05) is 18.2 Å². The number of hydrogen-bond donors (Lipinski definition) is 2. The Labute approximate surface area is 235 Å². The van der Waals surface area contributed by atoms with Gasteiger partial charge in [0.15, 0.2) is 0 Å². The molecule has 0 unspecified atom stereocenters. The number of para-hydroxylation sites is 1. The van der Waals surface area contributed by atoms with Gasteiger partial charge in [0.25, 0.3) is 0 Å². The molecule has 39 heavy (non-hydrogen) atoms. The van der Waals surface area contributed by atoms with Crippen LogP contribution in [-0.4, -0.2) is 45.3 Å². The van der Waals surface area contributed by atoms with Crippen molar-refractivity contribution < 1.29 is 28.6 Å². The van der Waals surface area contributed by atoms with E-state index in [-0.39, 0.29) is 25.5 Å². The number of ether oxygens (including phenoxy) is 3. The van der Waals surface area contributed by atoms with Crippen molar-refractivity contribution in [1.29, 1.82) is 0 Å². The molecule has 2 N–H and O–H groups in total. The summed E-state index contributed by atoms with van der Waals surface area (Å²) >= 11 is 3.40. The third-order valence-electron chi connectivity index (χ3n) is 5.59. The standard InChI is InChI=1S/C29H30BrN3O6/c1-4-5-10-27(34)33(17-18-39-22-14-11-20(12-15-22)28(35)38-3)21-13-16-25(26(19-21)37-2)32-29(36)31-24-9-7-6-8-23(24)30/h4,6-9,11-16,19H,1,5,10,17-18H2,2-3H3,(H2,31,32,36). The Morgan fingerprint density at radius 3 is 2.36 bits per heavy atom. The van der Waals surface area contributed by atoms with E-state index in [4.69, 9.17) is 14.2 Å². The van der Waals surface area contributed by atoms with Crippen LogP contribution in [0.3, 0.4) is 0 Å². The molecule has 3 aromatic carbocycles. The van der Waals surface area contributed by atoms with Crippen LogP contribution in [0, 0.1) is 0 Å². The second-order valence-corrected chi connectivity index (χ2v) is 9.04. The molecule has 3 aromatic rings. The third kappa shape index (κ3) is 8.34. The highest BCUT2D eigenvalue weighted by atomic mass is 79.9. The van der Waals surface area contributed by atoms with Gasteiger partial charge in [-0.3, -0.25) is 4.79 Å². The molecule has 0 heterocycles. The zero-order valence-electron chi connectivity index (χ0n) is 21.7. The average molecular weight is 596 g/mol. The zero-order chi connectivity index (χ0) is 28.2. The normalized spacial score (nSPS) is 10.2. The summed E-state index contributed by atoms with van der Waals surface area (Å²) in [6, 6.07) is 18.4. The number of benzene rings is 3. The fraction of sp³-hybridized carbons (Fsp3) is 0.207. The molecular weight excluding hydrogens is 566 g/mol. The lowest BCUT2D eigenvalue weighted by atomic mass is 10.2. The van der Waals surface area contributed by atoms with Gasteiger partial charge in [-0.1, -0.05) is 18.2 Å². The number of nitrogens with one attached hydrogen (secondary N) is 2. The highest BCUT2D eigenvalue weighted by molar-refractivity contribution is 9.10. The van der Waals surface area contributed by atoms with Gasteiger partial charge in [-0.25, -0.2) is 9.59 Å². The number of carbonyl (C=O) groups excluding carboxylic acids is 3. The van der Waals surface area contributed by atoms with E-state index < -0.39 is 12.0 Å². The van der Waals surface area contributed by atoms with E-state index in [9.17, 15) is 14.4 Å². The van der Waals surface area contributed by atoms with Crippen LogP contribution in [0.5, 0.6) is 11.5 Å². The van der Waals surface area contributed by atoms with Gasteiger partial charge in [-0.15, -0.1) is 6.58 Å². The molecule has 3 amide bonds. The van der Waals surface area contributed by atoms with Crippen molar-refractivity contribution in [2.24, 2.45) is 0 Å². The molecule has 10 heteroatoms.